The van der Waals surface area contributed by atoms with Crippen LogP contribution in [-0.2, 0) is 0 Å². The first-order valence-electron chi connectivity index (χ1n) is 5.28. The van der Waals surface area contributed by atoms with Crippen molar-refractivity contribution in [3.05, 3.63) is 34.0 Å². The summed E-state index contributed by atoms with van der Waals surface area (Å²) in [7, 11) is 0. The van der Waals surface area contributed by atoms with E-state index in [1.54, 1.807) is 6.20 Å². The highest BCUT2D eigenvalue weighted by atomic mass is 127. The molecule has 0 bridgehead atoms. The van der Waals surface area contributed by atoms with Crippen molar-refractivity contribution in [2.24, 2.45) is 0 Å². The number of hydrogen-bond acceptors (Lipinski definition) is 4. The second-order valence-electron chi connectivity index (χ2n) is 3.72. The number of aliphatic hydroxyl groups excluding tert-OH is 2. The number of aliphatic hydroxyl groups is 2. The first-order chi connectivity index (χ1) is 8.22. The molecule has 1 aromatic carbocycles. The standard InChI is InChI=1S/C12H13IN2O2/c13-10-6-14-11-4-2-1-3-9(11)12(10)15-5-8(17)7-16/h1-4,6,8,16-17H,5,7H2,(H,14,15)/t8-/m1/s1. The van der Waals surface area contributed by atoms with E-state index in [9.17, 15) is 5.11 Å². The van der Waals surface area contributed by atoms with Crippen LogP contribution in [0.3, 0.4) is 0 Å². The summed E-state index contributed by atoms with van der Waals surface area (Å²) in [6.45, 7) is 0.0765. The van der Waals surface area contributed by atoms with Crippen molar-refractivity contribution >= 4 is 39.2 Å². The van der Waals surface area contributed by atoms with E-state index in [1.807, 2.05) is 24.3 Å². The summed E-state index contributed by atoms with van der Waals surface area (Å²) in [6.07, 6.45) is 1.04. The van der Waals surface area contributed by atoms with Crippen LogP contribution in [0.5, 0.6) is 0 Å². The van der Waals surface area contributed by atoms with E-state index < -0.39 is 6.10 Å². The van der Waals surface area contributed by atoms with Gasteiger partial charge in [-0.3, -0.25) is 4.98 Å². The van der Waals surface area contributed by atoms with E-state index in [2.05, 4.69) is 32.9 Å². The third-order valence-corrected chi connectivity index (χ3v) is 3.27. The highest BCUT2D eigenvalue weighted by Crippen LogP contribution is 2.26. The molecule has 1 aromatic heterocycles. The second kappa shape index (κ2) is 5.61. The molecule has 0 aliphatic carbocycles. The van der Waals surface area contributed by atoms with Crippen LogP contribution in [-0.4, -0.2) is 34.5 Å². The zero-order valence-corrected chi connectivity index (χ0v) is 11.3. The van der Waals surface area contributed by atoms with E-state index in [0.29, 0.717) is 6.54 Å². The molecule has 5 heteroatoms. The zero-order valence-electron chi connectivity index (χ0n) is 9.10. The van der Waals surface area contributed by atoms with Gasteiger partial charge in [-0.1, -0.05) is 18.2 Å². The minimum absolute atomic E-state index is 0.243. The number of benzene rings is 1. The van der Waals surface area contributed by atoms with E-state index in [1.165, 1.54) is 0 Å². The molecule has 0 unspecified atom stereocenters. The first kappa shape index (κ1) is 12.5. The minimum Gasteiger partial charge on any atom is -0.394 e. The molecule has 1 atom stereocenters. The molecular formula is C12H13IN2O2. The maximum Gasteiger partial charge on any atom is 0.0942 e. The Labute approximate surface area is 113 Å². The fraction of sp³-hybridized carbons (Fsp3) is 0.250. The molecule has 4 nitrogen and oxygen atoms in total. The second-order valence-corrected chi connectivity index (χ2v) is 4.88. The zero-order chi connectivity index (χ0) is 12.3. The predicted molar refractivity (Wildman–Crippen MR) is 76.0 cm³/mol. The molecule has 0 saturated carbocycles. The van der Waals surface area contributed by atoms with Gasteiger partial charge >= 0.3 is 0 Å². The maximum absolute atomic E-state index is 9.35. The Bertz CT molecular complexity index is 519. The molecule has 1 heterocycles. The normalized spacial score (nSPS) is 12.6. The molecule has 0 aliphatic rings. The van der Waals surface area contributed by atoms with Crippen LogP contribution >= 0.6 is 22.6 Å². The lowest BCUT2D eigenvalue weighted by atomic mass is 10.2. The Balaban J connectivity index is 2.34. The molecule has 3 N–H and O–H groups in total. The van der Waals surface area contributed by atoms with Crippen molar-refractivity contribution < 1.29 is 10.2 Å². The molecule has 0 aliphatic heterocycles. The topological polar surface area (TPSA) is 65.4 Å². The molecule has 0 fully saturated rings. The number of nitrogens with one attached hydrogen (secondary N) is 1. The number of rotatable bonds is 4. The van der Waals surface area contributed by atoms with Crippen LogP contribution in [0.1, 0.15) is 0 Å². The fourth-order valence-electron chi connectivity index (χ4n) is 1.58. The molecule has 0 amide bonds. The van der Waals surface area contributed by atoms with Crippen molar-refractivity contribution in [2.75, 3.05) is 18.5 Å². The van der Waals surface area contributed by atoms with Gasteiger partial charge in [0.05, 0.1) is 27.5 Å². The van der Waals surface area contributed by atoms with Gasteiger partial charge in [0, 0.05) is 18.1 Å². The molecule has 0 saturated heterocycles. The van der Waals surface area contributed by atoms with Gasteiger partial charge in [0.15, 0.2) is 0 Å². The Morgan fingerprint density at radius 1 is 1.35 bits per heavy atom. The Hall–Kier alpha value is -0.920. The minimum atomic E-state index is -0.752. The van der Waals surface area contributed by atoms with E-state index in [4.69, 9.17) is 5.11 Å². The Kier molecular flexibility index (Phi) is 4.14. The van der Waals surface area contributed by atoms with Crippen molar-refractivity contribution in [1.82, 2.24) is 4.98 Å². The van der Waals surface area contributed by atoms with E-state index in [0.717, 1.165) is 20.2 Å². The highest BCUT2D eigenvalue weighted by molar-refractivity contribution is 14.1. The molecule has 2 aromatic rings. The molecular weight excluding hydrogens is 331 g/mol. The third kappa shape index (κ3) is 2.85. The van der Waals surface area contributed by atoms with Crippen molar-refractivity contribution in [2.45, 2.75) is 6.10 Å². The van der Waals surface area contributed by atoms with Crippen LogP contribution in [0.4, 0.5) is 5.69 Å². The average Bonchev–Trinajstić information content (AvgIpc) is 2.37. The lowest BCUT2D eigenvalue weighted by Gasteiger charge is -2.13. The van der Waals surface area contributed by atoms with Gasteiger partial charge in [-0.15, -0.1) is 0 Å². The number of hydrogen-bond donors (Lipinski definition) is 3. The molecule has 90 valence electrons. The smallest absolute Gasteiger partial charge is 0.0942 e. The number of fused-ring (bicyclic) bond motifs is 1. The average molecular weight is 344 g/mol. The van der Waals surface area contributed by atoms with Crippen molar-refractivity contribution in [1.29, 1.82) is 0 Å². The quantitative estimate of drug-likeness (QED) is 0.738. The third-order valence-electron chi connectivity index (χ3n) is 2.45. The molecule has 0 radical (unpaired) electrons. The van der Waals surface area contributed by atoms with Gasteiger partial charge in [0.2, 0.25) is 0 Å². The molecule has 0 spiro atoms. The number of aromatic nitrogens is 1. The summed E-state index contributed by atoms with van der Waals surface area (Å²) in [6, 6.07) is 7.82. The van der Waals surface area contributed by atoms with Crippen LogP contribution < -0.4 is 5.32 Å². The van der Waals surface area contributed by atoms with Crippen molar-refractivity contribution in [3.8, 4) is 0 Å². The number of anilines is 1. The van der Waals surface area contributed by atoms with Gasteiger partial charge in [0.25, 0.3) is 0 Å². The number of nitrogens with zero attached hydrogens (tertiary/aromatic N) is 1. The summed E-state index contributed by atoms with van der Waals surface area (Å²) < 4.78 is 0.992. The SMILES string of the molecule is OC[C@H](O)CNc1c(I)cnc2ccccc12. The number of pyridine rings is 1. The van der Waals surface area contributed by atoms with E-state index in [-0.39, 0.29) is 6.61 Å². The maximum atomic E-state index is 9.35. The van der Waals surface area contributed by atoms with Crippen LogP contribution in [0.25, 0.3) is 10.9 Å². The number of halogens is 1. The van der Waals surface area contributed by atoms with Crippen molar-refractivity contribution in [3.63, 3.8) is 0 Å². The lowest BCUT2D eigenvalue weighted by molar-refractivity contribution is 0.105. The Morgan fingerprint density at radius 2 is 2.12 bits per heavy atom. The number of para-hydroxylation sites is 1. The molecule has 17 heavy (non-hydrogen) atoms. The van der Waals surface area contributed by atoms with E-state index >= 15 is 0 Å². The van der Waals surface area contributed by atoms with Crippen LogP contribution in [0.2, 0.25) is 0 Å². The summed E-state index contributed by atoms with van der Waals surface area (Å²) in [5, 5.41) is 22.3. The van der Waals surface area contributed by atoms with Crippen LogP contribution in [0.15, 0.2) is 30.5 Å². The largest absolute Gasteiger partial charge is 0.394 e. The fourth-order valence-corrected chi connectivity index (χ4v) is 2.20. The molecule has 2 rings (SSSR count). The summed E-state index contributed by atoms with van der Waals surface area (Å²) >= 11 is 2.20. The van der Waals surface area contributed by atoms with Crippen LogP contribution in [0, 0.1) is 3.57 Å². The van der Waals surface area contributed by atoms with Gasteiger partial charge in [-0.2, -0.15) is 0 Å². The first-order valence-corrected chi connectivity index (χ1v) is 6.36. The van der Waals surface area contributed by atoms with Gasteiger partial charge in [-0.05, 0) is 28.7 Å². The Morgan fingerprint density at radius 3 is 2.88 bits per heavy atom. The van der Waals surface area contributed by atoms with Gasteiger partial charge < -0.3 is 15.5 Å². The highest BCUT2D eigenvalue weighted by Gasteiger charge is 2.08. The monoisotopic (exact) mass is 344 g/mol. The summed E-state index contributed by atoms with van der Waals surface area (Å²) in [4.78, 5) is 4.33. The van der Waals surface area contributed by atoms with Gasteiger partial charge in [-0.25, -0.2) is 0 Å². The summed E-state index contributed by atoms with van der Waals surface area (Å²) in [5.41, 5.74) is 1.86. The lowest BCUT2D eigenvalue weighted by Crippen LogP contribution is -2.23. The predicted octanol–water partition coefficient (Wildman–Crippen LogP) is 1.60. The summed E-state index contributed by atoms with van der Waals surface area (Å²) in [5.74, 6) is 0. The van der Waals surface area contributed by atoms with Gasteiger partial charge in [0.1, 0.15) is 0 Å².